The Bertz CT molecular complexity index is 400. The number of hydrogen-bond acceptors (Lipinski definition) is 2. The maximum Gasteiger partial charge on any atom is 0.118 e. The van der Waals surface area contributed by atoms with Crippen molar-refractivity contribution in [1.82, 2.24) is 5.32 Å². The van der Waals surface area contributed by atoms with Gasteiger partial charge in [-0.05, 0) is 55.2 Å². The Morgan fingerprint density at radius 2 is 1.90 bits per heavy atom. The van der Waals surface area contributed by atoms with Gasteiger partial charge in [0.25, 0.3) is 0 Å². The van der Waals surface area contributed by atoms with E-state index >= 15 is 0 Å². The molecule has 4 atom stereocenters. The molecule has 0 spiro atoms. The van der Waals surface area contributed by atoms with Crippen LogP contribution in [-0.4, -0.2) is 13.2 Å². The molecule has 2 heteroatoms. The molecule has 1 fully saturated rings. The first-order chi connectivity index (χ1) is 9.63. The zero-order valence-corrected chi connectivity index (χ0v) is 13.4. The van der Waals surface area contributed by atoms with E-state index in [1.165, 1.54) is 24.8 Å². The smallest absolute Gasteiger partial charge is 0.118 e. The summed E-state index contributed by atoms with van der Waals surface area (Å²) in [5.74, 6) is 2.61. The van der Waals surface area contributed by atoms with Crippen molar-refractivity contribution in [2.24, 2.45) is 11.8 Å². The lowest BCUT2D eigenvalue weighted by molar-refractivity contribution is 0.212. The lowest BCUT2D eigenvalue weighted by Gasteiger charge is -2.36. The summed E-state index contributed by atoms with van der Waals surface area (Å²) < 4.78 is 5.24. The van der Waals surface area contributed by atoms with Gasteiger partial charge in [-0.25, -0.2) is 0 Å². The van der Waals surface area contributed by atoms with Crippen molar-refractivity contribution in [3.05, 3.63) is 29.8 Å². The van der Waals surface area contributed by atoms with Gasteiger partial charge in [0.2, 0.25) is 0 Å². The highest BCUT2D eigenvalue weighted by atomic mass is 16.5. The second-order valence-electron chi connectivity index (χ2n) is 6.40. The van der Waals surface area contributed by atoms with Crippen LogP contribution in [0.2, 0.25) is 0 Å². The van der Waals surface area contributed by atoms with Gasteiger partial charge in [0, 0.05) is 12.1 Å². The van der Waals surface area contributed by atoms with Crippen LogP contribution in [-0.2, 0) is 0 Å². The fourth-order valence-corrected chi connectivity index (χ4v) is 3.46. The molecule has 0 heterocycles. The van der Waals surface area contributed by atoms with Gasteiger partial charge in [0.05, 0.1) is 7.11 Å². The van der Waals surface area contributed by atoms with E-state index in [2.05, 4.69) is 50.4 Å². The molecular weight excluding hydrogens is 246 g/mol. The molecule has 2 nitrogen and oxygen atoms in total. The quantitative estimate of drug-likeness (QED) is 0.850. The molecule has 2 rings (SSSR count). The van der Waals surface area contributed by atoms with E-state index in [-0.39, 0.29) is 0 Å². The van der Waals surface area contributed by atoms with E-state index in [4.69, 9.17) is 4.74 Å². The van der Waals surface area contributed by atoms with Crippen LogP contribution in [0.15, 0.2) is 24.3 Å². The summed E-state index contributed by atoms with van der Waals surface area (Å²) in [6.07, 6.45) is 5.16. The molecule has 20 heavy (non-hydrogen) atoms. The van der Waals surface area contributed by atoms with Gasteiger partial charge >= 0.3 is 0 Å². The van der Waals surface area contributed by atoms with Crippen LogP contribution < -0.4 is 10.1 Å². The zero-order chi connectivity index (χ0) is 14.5. The SMILES string of the molecule is CCC(NC1CCC(C)CC1C)c1ccc(OC)cc1. The third-order valence-electron chi connectivity index (χ3n) is 4.77. The molecule has 1 aliphatic carbocycles. The molecule has 0 amide bonds. The van der Waals surface area contributed by atoms with Crippen LogP contribution in [0, 0.1) is 11.8 Å². The van der Waals surface area contributed by atoms with E-state index in [0.29, 0.717) is 12.1 Å². The first-order valence-electron chi connectivity index (χ1n) is 8.04. The van der Waals surface area contributed by atoms with Crippen molar-refractivity contribution in [3.63, 3.8) is 0 Å². The van der Waals surface area contributed by atoms with Gasteiger partial charge in [-0.3, -0.25) is 0 Å². The van der Waals surface area contributed by atoms with Crippen molar-refractivity contribution in [2.75, 3.05) is 7.11 Å². The highest BCUT2D eigenvalue weighted by Gasteiger charge is 2.27. The zero-order valence-electron chi connectivity index (χ0n) is 13.4. The highest BCUT2D eigenvalue weighted by molar-refractivity contribution is 5.29. The molecule has 1 saturated carbocycles. The summed E-state index contributed by atoms with van der Waals surface area (Å²) in [4.78, 5) is 0. The summed E-state index contributed by atoms with van der Waals surface area (Å²) in [5.41, 5.74) is 1.37. The number of benzene rings is 1. The van der Waals surface area contributed by atoms with E-state index < -0.39 is 0 Å². The van der Waals surface area contributed by atoms with Gasteiger partial charge < -0.3 is 10.1 Å². The standard InChI is InChI=1S/C18H29NO/c1-5-17(15-7-9-16(20-4)10-8-15)19-18-11-6-13(2)12-14(18)3/h7-10,13-14,17-19H,5-6,11-12H2,1-4H3. The normalized spacial score (nSPS) is 28.1. The molecule has 0 bridgehead atoms. The molecular formula is C18H29NO. The van der Waals surface area contributed by atoms with Crippen LogP contribution in [0.1, 0.15) is 58.1 Å². The molecule has 1 N–H and O–H groups in total. The number of rotatable bonds is 5. The summed E-state index contributed by atoms with van der Waals surface area (Å²) in [6.45, 7) is 7.04. The second kappa shape index (κ2) is 7.12. The Morgan fingerprint density at radius 1 is 1.20 bits per heavy atom. The topological polar surface area (TPSA) is 21.3 Å². The Balaban J connectivity index is 2.00. The van der Waals surface area contributed by atoms with Gasteiger partial charge in [-0.15, -0.1) is 0 Å². The molecule has 112 valence electrons. The molecule has 0 aromatic heterocycles. The van der Waals surface area contributed by atoms with Crippen LogP contribution >= 0.6 is 0 Å². The Morgan fingerprint density at radius 3 is 2.45 bits per heavy atom. The van der Waals surface area contributed by atoms with Crippen molar-refractivity contribution in [3.8, 4) is 5.75 Å². The molecule has 1 aliphatic rings. The molecule has 1 aromatic carbocycles. The summed E-state index contributed by atoms with van der Waals surface area (Å²) in [6, 6.07) is 9.63. The molecule has 0 aliphatic heterocycles. The molecule has 0 saturated heterocycles. The number of hydrogen-bond donors (Lipinski definition) is 1. The lowest BCUT2D eigenvalue weighted by atomic mass is 9.79. The van der Waals surface area contributed by atoms with Crippen molar-refractivity contribution < 1.29 is 4.74 Å². The molecule has 1 aromatic rings. The third-order valence-corrected chi connectivity index (χ3v) is 4.77. The molecule has 4 unspecified atom stereocenters. The van der Waals surface area contributed by atoms with Gasteiger partial charge in [-0.2, -0.15) is 0 Å². The Hall–Kier alpha value is -1.02. The summed E-state index contributed by atoms with van der Waals surface area (Å²) in [5, 5.41) is 3.89. The Labute approximate surface area is 123 Å². The average Bonchev–Trinajstić information content (AvgIpc) is 2.47. The number of ether oxygens (including phenoxy) is 1. The third kappa shape index (κ3) is 3.76. The van der Waals surface area contributed by atoms with Crippen LogP contribution in [0.25, 0.3) is 0 Å². The largest absolute Gasteiger partial charge is 0.497 e. The Kier molecular flexibility index (Phi) is 5.47. The van der Waals surface area contributed by atoms with Crippen molar-refractivity contribution in [2.45, 2.75) is 58.5 Å². The minimum atomic E-state index is 0.460. The molecule has 0 radical (unpaired) electrons. The predicted molar refractivity (Wildman–Crippen MR) is 85.1 cm³/mol. The van der Waals surface area contributed by atoms with Gasteiger partial charge in [0.15, 0.2) is 0 Å². The average molecular weight is 275 g/mol. The minimum Gasteiger partial charge on any atom is -0.497 e. The minimum absolute atomic E-state index is 0.460. The van der Waals surface area contributed by atoms with Gasteiger partial charge in [0.1, 0.15) is 5.75 Å². The summed E-state index contributed by atoms with van der Waals surface area (Å²) >= 11 is 0. The van der Waals surface area contributed by atoms with Crippen molar-refractivity contribution in [1.29, 1.82) is 0 Å². The van der Waals surface area contributed by atoms with Crippen LogP contribution in [0.3, 0.4) is 0 Å². The second-order valence-corrected chi connectivity index (χ2v) is 6.40. The van der Waals surface area contributed by atoms with E-state index in [0.717, 1.165) is 24.0 Å². The van der Waals surface area contributed by atoms with Crippen LogP contribution in [0.4, 0.5) is 0 Å². The fraction of sp³-hybridized carbons (Fsp3) is 0.667. The van der Waals surface area contributed by atoms with Crippen molar-refractivity contribution >= 4 is 0 Å². The summed E-state index contributed by atoms with van der Waals surface area (Å²) in [7, 11) is 1.72. The maximum absolute atomic E-state index is 5.24. The predicted octanol–water partition coefficient (Wildman–Crippen LogP) is 4.56. The first-order valence-corrected chi connectivity index (χ1v) is 8.04. The van der Waals surface area contributed by atoms with E-state index in [1.54, 1.807) is 7.11 Å². The maximum atomic E-state index is 5.24. The number of methoxy groups -OCH3 is 1. The number of nitrogens with one attached hydrogen (secondary N) is 1. The van der Waals surface area contributed by atoms with E-state index in [9.17, 15) is 0 Å². The lowest BCUT2D eigenvalue weighted by Crippen LogP contribution is -2.40. The van der Waals surface area contributed by atoms with Gasteiger partial charge in [-0.1, -0.05) is 32.9 Å². The first kappa shape index (κ1) is 15.4. The highest BCUT2D eigenvalue weighted by Crippen LogP contribution is 2.31. The fourth-order valence-electron chi connectivity index (χ4n) is 3.46. The van der Waals surface area contributed by atoms with Crippen LogP contribution in [0.5, 0.6) is 5.75 Å². The monoisotopic (exact) mass is 275 g/mol. The van der Waals surface area contributed by atoms with E-state index in [1.807, 2.05) is 0 Å².